The van der Waals surface area contributed by atoms with Crippen LogP contribution in [0.25, 0.3) is 0 Å². The molecule has 2 amide bonds. The van der Waals surface area contributed by atoms with Crippen LogP contribution in [0.1, 0.15) is 37.3 Å². The van der Waals surface area contributed by atoms with E-state index in [-0.39, 0.29) is 37.7 Å². The number of para-hydroxylation sites is 1. The zero-order chi connectivity index (χ0) is 28.3. The van der Waals surface area contributed by atoms with Gasteiger partial charge in [-0.05, 0) is 42.2 Å². The second-order valence-electron chi connectivity index (χ2n) is 9.38. The zero-order valence-corrected chi connectivity index (χ0v) is 24.0. The third-order valence-electron chi connectivity index (χ3n) is 6.32. The van der Waals surface area contributed by atoms with E-state index < -0.39 is 16.1 Å². The first-order chi connectivity index (χ1) is 18.7. The fourth-order valence-electron chi connectivity index (χ4n) is 4.33. The first-order valence-corrected chi connectivity index (χ1v) is 15.3. The highest BCUT2D eigenvalue weighted by Crippen LogP contribution is 2.22. The molecule has 0 aliphatic carbocycles. The van der Waals surface area contributed by atoms with Crippen LogP contribution < -0.4 is 9.62 Å². The quantitative estimate of drug-likeness (QED) is 0.294. The van der Waals surface area contributed by atoms with Crippen LogP contribution >= 0.6 is 11.6 Å². The highest BCUT2D eigenvalue weighted by Gasteiger charge is 2.30. The Balaban J connectivity index is 1.87. The molecule has 7 nitrogen and oxygen atoms in total. The molecule has 0 spiro atoms. The lowest BCUT2D eigenvalue weighted by molar-refractivity contribution is -0.141. The molecule has 0 aliphatic heterocycles. The number of anilines is 1. The second-order valence-corrected chi connectivity index (χ2v) is 11.7. The van der Waals surface area contributed by atoms with Gasteiger partial charge in [-0.3, -0.25) is 13.9 Å². The number of sulfonamides is 1. The van der Waals surface area contributed by atoms with Crippen LogP contribution in [-0.2, 0) is 32.6 Å². The molecule has 1 N–H and O–H groups in total. The number of benzene rings is 3. The summed E-state index contributed by atoms with van der Waals surface area (Å²) in [6.45, 7) is 2.77. The Hall–Kier alpha value is -3.36. The van der Waals surface area contributed by atoms with Gasteiger partial charge in [-0.15, -0.1) is 0 Å². The summed E-state index contributed by atoms with van der Waals surface area (Å²) in [5.74, 6) is -0.479. The lowest BCUT2D eigenvalue weighted by Crippen LogP contribution is -2.50. The van der Waals surface area contributed by atoms with E-state index in [1.165, 1.54) is 4.31 Å². The van der Waals surface area contributed by atoms with Gasteiger partial charge in [0, 0.05) is 37.5 Å². The van der Waals surface area contributed by atoms with Crippen molar-refractivity contribution in [2.45, 2.75) is 45.2 Å². The molecule has 3 rings (SSSR count). The Kier molecular flexibility index (Phi) is 11.4. The number of amides is 2. The smallest absolute Gasteiger partial charge is 0.243 e. The first kappa shape index (κ1) is 30.2. The van der Waals surface area contributed by atoms with Crippen molar-refractivity contribution in [1.29, 1.82) is 0 Å². The Morgan fingerprint density at radius 3 is 2.15 bits per heavy atom. The molecule has 0 aromatic heterocycles. The Labute approximate surface area is 236 Å². The molecule has 9 heteroatoms. The van der Waals surface area contributed by atoms with E-state index in [4.69, 9.17) is 11.6 Å². The summed E-state index contributed by atoms with van der Waals surface area (Å²) in [5.41, 5.74) is 2.20. The number of carbonyl (C=O) groups is 2. The molecule has 3 aromatic carbocycles. The molecule has 0 radical (unpaired) electrons. The van der Waals surface area contributed by atoms with Crippen LogP contribution in [0.4, 0.5) is 5.69 Å². The lowest BCUT2D eigenvalue weighted by atomic mass is 10.0. The van der Waals surface area contributed by atoms with Crippen molar-refractivity contribution in [3.63, 3.8) is 0 Å². The minimum atomic E-state index is -3.54. The third-order valence-corrected chi connectivity index (χ3v) is 7.88. The van der Waals surface area contributed by atoms with Crippen LogP contribution in [-0.4, -0.2) is 50.5 Å². The molecule has 0 bridgehead atoms. The molecule has 0 saturated heterocycles. The number of hydrogen-bond donors (Lipinski definition) is 1. The lowest BCUT2D eigenvalue weighted by Gasteiger charge is -2.32. The summed E-state index contributed by atoms with van der Waals surface area (Å²) in [7, 11) is -3.54. The predicted octanol–water partition coefficient (Wildman–Crippen LogP) is 5.05. The second kappa shape index (κ2) is 14.7. The minimum Gasteiger partial charge on any atom is -0.354 e. The van der Waals surface area contributed by atoms with Gasteiger partial charge < -0.3 is 10.2 Å². The maximum Gasteiger partial charge on any atom is 0.243 e. The van der Waals surface area contributed by atoms with E-state index >= 15 is 0 Å². The van der Waals surface area contributed by atoms with E-state index in [0.717, 1.165) is 23.8 Å². The fraction of sp³-hybridized carbons (Fsp3) is 0.333. The topological polar surface area (TPSA) is 86.8 Å². The Morgan fingerprint density at radius 2 is 1.54 bits per heavy atom. The number of rotatable bonds is 14. The molecule has 0 saturated carbocycles. The first-order valence-electron chi connectivity index (χ1n) is 13.1. The summed E-state index contributed by atoms with van der Waals surface area (Å²) >= 11 is 6.45. The van der Waals surface area contributed by atoms with Crippen molar-refractivity contribution in [3.8, 4) is 0 Å². The normalized spacial score (nSPS) is 12.0. The van der Waals surface area contributed by atoms with E-state index in [1.807, 2.05) is 61.5 Å². The van der Waals surface area contributed by atoms with Crippen LogP contribution in [0.15, 0.2) is 84.9 Å². The van der Waals surface area contributed by atoms with Gasteiger partial charge in [0.15, 0.2) is 0 Å². The standard InChI is InChI=1S/C30H36ClN3O4S/c1-3-20-32-30(36)28(22-24-13-6-4-7-14-24)33(23-25-15-10-11-18-27(25)31)29(35)19-12-21-34(39(2,37)38)26-16-8-5-9-17-26/h4-11,13-18,28H,3,12,19-23H2,1-2H3,(H,32,36)/t28-/m1/s1. The van der Waals surface area contributed by atoms with Gasteiger partial charge in [0.1, 0.15) is 6.04 Å². The molecule has 0 heterocycles. The van der Waals surface area contributed by atoms with Crippen molar-refractivity contribution in [3.05, 3.63) is 101 Å². The van der Waals surface area contributed by atoms with Crippen molar-refractivity contribution in [2.75, 3.05) is 23.7 Å². The van der Waals surface area contributed by atoms with Gasteiger partial charge >= 0.3 is 0 Å². The third kappa shape index (κ3) is 9.11. The maximum absolute atomic E-state index is 13.8. The van der Waals surface area contributed by atoms with Gasteiger partial charge in [-0.2, -0.15) is 0 Å². The molecule has 0 fully saturated rings. The average Bonchev–Trinajstić information content (AvgIpc) is 2.92. The van der Waals surface area contributed by atoms with Crippen molar-refractivity contribution in [2.24, 2.45) is 0 Å². The summed E-state index contributed by atoms with van der Waals surface area (Å²) < 4.78 is 26.3. The van der Waals surface area contributed by atoms with Crippen molar-refractivity contribution >= 4 is 39.1 Å². The van der Waals surface area contributed by atoms with Gasteiger partial charge in [-0.1, -0.05) is 85.3 Å². The maximum atomic E-state index is 13.8. The number of nitrogens with zero attached hydrogens (tertiary/aromatic N) is 2. The van der Waals surface area contributed by atoms with Crippen LogP contribution in [0, 0.1) is 0 Å². The average molecular weight is 570 g/mol. The van der Waals surface area contributed by atoms with E-state index in [2.05, 4.69) is 5.32 Å². The minimum absolute atomic E-state index is 0.0651. The fourth-order valence-corrected chi connectivity index (χ4v) is 5.49. The van der Waals surface area contributed by atoms with E-state index in [1.54, 1.807) is 35.2 Å². The SMILES string of the molecule is CCCNC(=O)[C@@H](Cc1ccccc1)N(Cc1ccccc1Cl)C(=O)CCCN(c1ccccc1)S(C)(=O)=O. The Bertz CT molecular complexity index is 1320. The summed E-state index contributed by atoms with van der Waals surface area (Å²) in [6, 6.07) is 24.9. The van der Waals surface area contributed by atoms with Crippen molar-refractivity contribution in [1.82, 2.24) is 10.2 Å². The predicted molar refractivity (Wildman–Crippen MR) is 157 cm³/mol. The van der Waals surface area contributed by atoms with Gasteiger partial charge in [-0.25, -0.2) is 8.42 Å². The van der Waals surface area contributed by atoms with Gasteiger partial charge in [0.05, 0.1) is 11.9 Å². The monoisotopic (exact) mass is 569 g/mol. The highest BCUT2D eigenvalue weighted by molar-refractivity contribution is 7.92. The zero-order valence-electron chi connectivity index (χ0n) is 22.4. The van der Waals surface area contributed by atoms with Crippen LogP contribution in [0.2, 0.25) is 5.02 Å². The summed E-state index contributed by atoms with van der Waals surface area (Å²) in [4.78, 5) is 28.7. The molecule has 0 aliphatic rings. The van der Waals surface area contributed by atoms with E-state index in [9.17, 15) is 18.0 Å². The number of halogens is 1. The van der Waals surface area contributed by atoms with Gasteiger partial charge in [0.25, 0.3) is 0 Å². The molecular weight excluding hydrogens is 534 g/mol. The molecule has 0 unspecified atom stereocenters. The van der Waals surface area contributed by atoms with Crippen LogP contribution in [0.5, 0.6) is 0 Å². The largest absolute Gasteiger partial charge is 0.354 e. The molecular formula is C30H36ClN3O4S. The summed E-state index contributed by atoms with van der Waals surface area (Å²) in [6.07, 6.45) is 2.61. The highest BCUT2D eigenvalue weighted by atomic mass is 35.5. The molecule has 39 heavy (non-hydrogen) atoms. The molecule has 1 atom stereocenters. The number of carbonyl (C=O) groups excluding carboxylic acids is 2. The van der Waals surface area contributed by atoms with Crippen LogP contribution in [0.3, 0.4) is 0 Å². The number of nitrogens with one attached hydrogen (secondary N) is 1. The molecule has 208 valence electrons. The van der Waals surface area contributed by atoms with Crippen molar-refractivity contribution < 1.29 is 18.0 Å². The van der Waals surface area contributed by atoms with Gasteiger partial charge in [0.2, 0.25) is 21.8 Å². The Morgan fingerprint density at radius 1 is 0.923 bits per heavy atom. The summed E-state index contributed by atoms with van der Waals surface area (Å²) in [5, 5.41) is 3.46. The molecule has 3 aromatic rings. The number of hydrogen-bond acceptors (Lipinski definition) is 4. The van der Waals surface area contributed by atoms with E-state index in [0.29, 0.717) is 23.7 Å².